The maximum absolute atomic E-state index is 11.5. The number of anilines is 1. The highest BCUT2D eigenvalue weighted by Crippen LogP contribution is 2.22. The average Bonchev–Trinajstić information content (AvgIpc) is 2.27. The topological polar surface area (TPSA) is 96.5 Å². The number of hydrogen-bond donors (Lipinski definition) is 2. The number of carbonyl (C=O) groups is 2. The summed E-state index contributed by atoms with van der Waals surface area (Å²) in [5.41, 5.74) is 6.47. The molecule has 104 valence electrons. The highest BCUT2D eigenvalue weighted by molar-refractivity contribution is 5.99. The molecule has 6 nitrogen and oxygen atoms in total. The van der Waals surface area contributed by atoms with Crippen LogP contribution in [0.25, 0.3) is 0 Å². The fraction of sp³-hybridized carbons (Fsp3) is 0.462. The van der Waals surface area contributed by atoms with Gasteiger partial charge in [0, 0.05) is 18.8 Å². The van der Waals surface area contributed by atoms with Crippen molar-refractivity contribution in [3.8, 4) is 0 Å². The maximum atomic E-state index is 11.5. The van der Waals surface area contributed by atoms with Crippen LogP contribution in [0, 0.1) is 6.92 Å². The molecule has 1 heterocycles. The van der Waals surface area contributed by atoms with Crippen molar-refractivity contribution in [1.82, 2.24) is 4.98 Å². The van der Waals surface area contributed by atoms with Gasteiger partial charge in [0.1, 0.15) is 5.82 Å². The van der Waals surface area contributed by atoms with Gasteiger partial charge in [-0.2, -0.15) is 0 Å². The molecule has 0 aliphatic heterocycles. The average molecular weight is 265 g/mol. The number of aryl methyl sites for hydroxylation is 1. The number of rotatable bonds is 6. The Bertz CT molecular complexity index is 486. The van der Waals surface area contributed by atoms with Crippen LogP contribution < -0.4 is 10.6 Å². The molecule has 1 aromatic rings. The van der Waals surface area contributed by atoms with Crippen molar-refractivity contribution < 1.29 is 14.7 Å². The van der Waals surface area contributed by atoms with Crippen molar-refractivity contribution in [3.63, 3.8) is 0 Å². The Balaban J connectivity index is 3.19. The molecule has 0 fully saturated rings. The number of nitrogens with two attached hydrogens (primary N) is 1. The van der Waals surface area contributed by atoms with E-state index in [2.05, 4.69) is 4.98 Å². The predicted octanol–water partition coefficient (Wildman–Crippen LogP) is 1.18. The predicted molar refractivity (Wildman–Crippen MR) is 72.2 cm³/mol. The fourth-order valence-corrected chi connectivity index (χ4v) is 1.89. The summed E-state index contributed by atoms with van der Waals surface area (Å²) in [7, 11) is 0. The third kappa shape index (κ3) is 3.67. The van der Waals surface area contributed by atoms with Crippen LogP contribution in [0.3, 0.4) is 0 Å². The van der Waals surface area contributed by atoms with Gasteiger partial charge in [-0.05, 0) is 32.4 Å². The first-order chi connectivity index (χ1) is 8.84. The normalized spacial score (nSPS) is 10.5. The Hall–Kier alpha value is -2.11. The van der Waals surface area contributed by atoms with Gasteiger partial charge in [0.2, 0.25) is 0 Å². The van der Waals surface area contributed by atoms with Crippen molar-refractivity contribution in [3.05, 3.63) is 23.4 Å². The Labute approximate surface area is 112 Å². The van der Waals surface area contributed by atoms with E-state index in [0.29, 0.717) is 11.4 Å². The van der Waals surface area contributed by atoms with E-state index in [1.54, 1.807) is 24.1 Å². The minimum atomic E-state index is -0.890. The third-order valence-electron chi connectivity index (χ3n) is 2.85. The second kappa shape index (κ2) is 6.17. The molecule has 0 unspecified atom stereocenters. The monoisotopic (exact) mass is 265 g/mol. The summed E-state index contributed by atoms with van der Waals surface area (Å²) >= 11 is 0. The van der Waals surface area contributed by atoms with Crippen molar-refractivity contribution >= 4 is 17.7 Å². The summed E-state index contributed by atoms with van der Waals surface area (Å²) in [5.74, 6) is -0.996. The first kappa shape index (κ1) is 14.9. The molecule has 0 bridgehead atoms. The van der Waals surface area contributed by atoms with Crippen molar-refractivity contribution in [2.24, 2.45) is 5.73 Å². The van der Waals surface area contributed by atoms with E-state index in [-0.39, 0.29) is 19.0 Å². The number of carbonyl (C=O) groups excluding carboxylic acids is 1. The molecule has 3 N–H and O–H groups in total. The molecule has 1 amide bonds. The molecule has 1 rings (SSSR count). The molecule has 19 heavy (non-hydrogen) atoms. The largest absolute Gasteiger partial charge is 0.481 e. The van der Waals surface area contributed by atoms with Crippen LogP contribution in [-0.2, 0) is 4.79 Å². The van der Waals surface area contributed by atoms with Gasteiger partial charge in [-0.15, -0.1) is 0 Å². The maximum Gasteiger partial charge on any atom is 0.305 e. The highest BCUT2D eigenvalue weighted by atomic mass is 16.4. The summed E-state index contributed by atoms with van der Waals surface area (Å²) in [6, 6.07) is 1.73. The van der Waals surface area contributed by atoms with E-state index in [0.717, 1.165) is 5.56 Å². The van der Waals surface area contributed by atoms with E-state index in [9.17, 15) is 9.59 Å². The molecule has 6 heteroatoms. The lowest BCUT2D eigenvalue weighted by Gasteiger charge is -2.29. The molecule has 0 saturated heterocycles. The fourth-order valence-electron chi connectivity index (χ4n) is 1.89. The van der Waals surface area contributed by atoms with E-state index in [4.69, 9.17) is 10.8 Å². The molecule has 0 aromatic carbocycles. The van der Waals surface area contributed by atoms with Gasteiger partial charge in [0.25, 0.3) is 5.91 Å². The number of carboxylic acid groups (broad SMARTS) is 1. The molecular weight excluding hydrogens is 246 g/mol. The van der Waals surface area contributed by atoms with Crippen LogP contribution in [0.5, 0.6) is 0 Å². The molecule has 0 aliphatic rings. The standard InChI is InChI=1S/C13H19N3O3/c1-8(2)16(7-5-10(17)18)13-11(12(14)19)9(3)4-6-15-13/h4,6,8H,5,7H2,1-3H3,(H2,14,19)(H,17,18). The van der Waals surface area contributed by atoms with E-state index < -0.39 is 11.9 Å². The van der Waals surface area contributed by atoms with Crippen LogP contribution in [0.4, 0.5) is 5.82 Å². The summed E-state index contributed by atoms with van der Waals surface area (Å²) in [6.07, 6.45) is 1.57. The summed E-state index contributed by atoms with van der Waals surface area (Å²) in [6.45, 7) is 5.89. The van der Waals surface area contributed by atoms with E-state index in [1.165, 1.54) is 0 Å². The number of primary amides is 1. The number of nitrogens with zero attached hydrogens (tertiary/aromatic N) is 2. The summed E-state index contributed by atoms with van der Waals surface area (Å²) in [4.78, 5) is 28.2. The zero-order valence-electron chi connectivity index (χ0n) is 11.4. The molecule has 0 radical (unpaired) electrons. The zero-order chi connectivity index (χ0) is 14.6. The number of carboxylic acids is 1. The first-order valence-corrected chi connectivity index (χ1v) is 6.08. The van der Waals surface area contributed by atoms with Gasteiger partial charge in [-0.1, -0.05) is 0 Å². The summed E-state index contributed by atoms with van der Waals surface area (Å²) in [5, 5.41) is 8.79. The minimum Gasteiger partial charge on any atom is -0.481 e. The lowest BCUT2D eigenvalue weighted by Crippen LogP contribution is -2.35. The Morgan fingerprint density at radius 2 is 2.11 bits per heavy atom. The van der Waals surface area contributed by atoms with Gasteiger partial charge >= 0.3 is 5.97 Å². The van der Waals surface area contributed by atoms with Crippen LogP contribution in [-0.4, -0.2) is 34.6 Å². The molecule has 1 aromatic heterocycles. The van der Waals surface area contributed by atoms with Crippen LogP contribution >= 0.6 is 0 Å². The van der Waals surface area contributed by atoms with Gasteiger partial charge < -0.3 is 15.7 Å². The van der Waals surface area contributed by atoms with Crippen molar-refractivity contribution in [1.29, 1.82) is 0 Å². The second-order valence-electron chi connectivity index (χ2n) is 4.62. The van der Waals surface area contributed by atoms with Crippen molar-refractivity contribution in [2.45, 2.75) is 33.2 Å². The molecular formula is C13H19N3O3. The van der Waals surface area contributed by atoms with E-state index in [1.807, 2.05) is 13.8 Å². The Kier molecular flexibility index (Phi) is 4.86. The number of amides is 1. The number of aliphatic carboxylic acids is 1. The molecule has 0 spiro atoms. The Morgan fingerprint density at radius 1 is 1.47 bits per heavy atom. The van der Waals surface area contributed by atoms with Crippen molar-refractivity contribution in [2.75, 3.05) is 11.4 Å². The number of aromatic nitrogens is 1. The molecule has 0 aliphatic carbocycles. The summed E-state index contributed by atoms with van der Waals surface area (Å²) < 4.78 is 0. The molecule has 0 saturated carbocycles. The number of pyridine rings is 1. The van der Waals surface area contributed by atoms with Gasteiger partial charge in [0.15, 0.2) is 0 Å². The third-order valence-corrected chi connectivity index (χ3v) is 2.85. The first-order valence-electron chi connectivity index (χ1n) is 6.08. The number of hydrogen-bond acceptors (Lipinski definition) is 4. The highest BCUT2D eigenvalue weighted by Gasteiger charge is 2.21. The zero-order valence-corrected chi connectivity index (χ0v) is 11.4. The van der Waals surface area contributed by atoms with Gasteiger partial charge in [-0.25, -0.2) is 4.98 Å². The SMILES string of the molecule is Cc1ccnc(N(CCC(=O)O)C(C)C)c1C(N)=O. The lowest BCUT2D eigenvalue weighted by atomic mass is 10.1. The van der Waals surface area contributed by atoms with E-state index >= 15 is 0 Å². The minimum absolute atomic E-state index is 0.0201. The quantitative estimate of drug-likeness (QED) is 0.805. The van der Waals surface area contributed by atoms with Crippen LogP contribution in [0.2, 0.25) is 0 Å². The van der Waals surface area contributed by atoms with Gasteiger partial charge in [-0.3, -0.25) is 9.59 Å². The van der Waals surface area contributed by atoms with Gasteiger partial charge in [0.05, 0.1) is 12.0 Å². The van der Waals surface area contributed by atoms with Crippen LogP contribution in [0.15, 0.2) is 12.3 Å². The Morgan fingerprint density at radius 3 is 2.58 bits per heavy atom. The van der Waals surface area contributed by atoms with Crippen LogP contribution in [0.1, 0.15) is 36.2 Å². The molecule has 0 atom stereocenters. The lowest BCUT2D eigenvalue weighted by molar-refractivity contribution is -0.136. The second-order valence-corrected chi connectivity index (χ2v) is 4.62. The smallest absolute Gasteiger partial charge is 0.305 e.